The molecule has 5 heteroatoms. The molecule has 1 aromatic rings. The maximum Gasteiger partial charge on any atom is 0.260 e. The molecule has 0 aliphatic heterocycles. The Hall–Kier alpha value is -2.09. The molecule has 20 heavy (non-hydrogen) atoms. The van der Waals surface area contributed by atoms with E-state index in [9.17, 15) is 9.18 Å². The summed E-state index contributed by atoms with van der Waals surface area (Å²) in [6.45, 7) is 1.59. The van der Waals surface area contributed by atoms with Gasteiger partial charge in [-0.1, -0.05) is 18.9 Å². The summed E-state index contributed by atoms with van der Waals surface area (Å²) in [7, 11) is 0. The molecular weight excluding hydrogens is 259 g/mol. The summed E-state index contributed by atoms with van der Waals surface area (Å²) < 4.78 is 18.8. The van der Waals surface area contributed by atoms with E-state index in [4.69, 9.17) is 10.00 Å². The SMILES string of the molecule is CC(Oc1cccc(F)c1C#N)C(=O)NC1CCCC1. The molecule has 106 valence electrons. The minimum Gasteiger partial charge on any atom is -0.479 e. The largest absolute Gasteiger partial charge is 0.479 e. The second kappa shape index (κ2) is 6.38. The first-order chi connectivity index (χ1) is 9.61. The number of benzene rings is 1. The van der Waals surface area contributed by atoms with Crippen molar-refractivity contribution < 1.29 is 13.9 Å². The van der Waals surface area contributed by atoms with E-state index in [1.807, 2.05) is 0 Å². The third-order valence-corrected chi connectivity index (χ3v) is 3.46. The number of halogens is 1. The number of nitrogens with zero attached hydrogens (tertiary/aromatic N) is 1. The maximum atomic E-state index is 13.4. The molecule has 0 heterocycles. The fourth-order valence-corrected chi connectivity index (χ4v) is 2.34. The van der Waals surface area contributed by atoms with E-state index in [-0.39, 0.29) is 23.3 Å². The third kappa shape index (κ3) is 3.27. The van der Waals surface area contributed by atoms with Crippen LogP contribution in [-0.4, -0.2) is 18.1 Å². The van der Waals surface area contributed by atoms with Crippen LogP contribution >= 0.6 is 0 Å². The van der Waals surface area contributed by atoms with Crippen molar-refractivity contribution in [2.75, 3.05) is 0 Å². The predicted octanol–water partition coefficient (Wildman–Crippen LogP) is 2.52. The Balaban J connectivity index is 2.00. The van der Waals surface area contributed by atoms with Gasteiger partial charge in [0, 0.05) is 6.04 Å². The van der Waals surface area contributed by atoms with Gasteiger partial charge >= 0.3 is 0 Å². The number of rotatable bonds is 4. The van der Waals surface area contributed by atoms with Crippen LogP contribution in [0.2, 0.25) is 0 Å². The summed E-state index contributed by atoms with van der Waals surface area (Å²) in [5, 5.41) is 11.8. The van der Waals surface area contributed by atoms with Gasteiger partial charge in [0.25, 0.3) is 5.91 Å². The molecule has 1 unspecified atom stereocenters. The lowest BCUT2D eigenvalue weighted by molar-refractivity contribution is -0.127. The molecule has 1 fully saturated rings. The molecule has 0 radical (unpaired) electrons. The minimum absolute atomic E-state index is 0.0987. The van der Waals surface area contributed by atoms with Crippen LogP contribution in [0.1, 0.15) is 38.2 Å². The zero-order chi connectivity index (χ0) is 14.5. The predicted molar refractivity (Wildman–Crippen MR) is 71.6 cm³/mol. The van der Waals surface area contributed by atoms with Gasteiger partial charge in [-0.15, -0.1) is 0 Å². The Bertz CT molecular complexity index is 533. The monoisotopic (exact) mass is 276 g/mol. The van der Waals surface area contributed by atoms with Crippen molar-refractivity contribution in [3.8, 4) is 11.8 Å². The lowest BCUT2D eigenvalue weighted by atomic mass is 10.2. The van der Waals surface area contributed by atoms with Crippen LogP contribution < -0.4 is 10.1 Å². The van der Waals surface area contributed by atoms with Crippen molar-refractivity contribution in [2.24, 2.45) is 0 Å². The van der Waals surface area contributed by atoms with Crippen LogP contribution in [-0.2, 0) is 4.79 Å². The average molecular weight is 276 g/mol. The van der Waals surface area contributed by atoms with E-state index in [0.717, 1.165) is 25.7 Å². The fourth-order valence-electron chi connectivity index (χ4n) is 2.34. The Labute approximate surface area is 117 Å². The topological polar surface area (TPSA) is 62.1 Å². The van der Waals surface area contributed by atoms with E-state index in [1.165, 1.54) is 18.2 Å². The summed E-state index contributed by atoms with van der Waals surface area (Å²) in [4.78, 5) is 12.0. The molecule has 0 aromatic heterocycles. The van der Waals surface area contributed by atoms with Gasteiger partial charge in [-0.25, -0.2) is 4.39 Å². The van der Waals surface area contributed by atoms with Gasteiger partial charge in [0.1, 0.15) is 23.2 Å². The first kappa shape index (κ1) is 14.3. The molecule has 1 saturated carbocycles. The lowest BCUT2D eigenvalue weighted by Gasteiger charge is -2.18. The standard InChI is InChI=1S/C15H17FN2O2/c1-10(15(19)18-11-5-2-3-6-11)20-14-8-4-7-13(16)12(14)9-17/h4,7-8,10-11H,2-3,5-6H2,1H3,(H,18,19). The van der Waals surface area contributed by atoms with Crippen molar-refractivity contribution >= 4 is 5.91 Å². The van der Waals surface area contributed by atoms with Crippen molar-refractivity contribution in [3.63, 3.8) is 0 Å². The number of ether oxygens (including phenoxy) is 1. The molecule has 4 nitrogen and oxygen atoms in total. The summed E-state index contributed by atoms with van der Waals surface area (Å²) in [6, 6.07) is 6.08. The highest BCUT2D eigenvalue weighted by Crippen LogP contribution is 2.22. The van der Waals surface area contributed by atoms with Crippen molar-refractivity contribution in [1.82, 2.24) is 5.32 Å². The number of carbonyl (C=O) groups excluding carboxylic acids is 1. The van der Waals surface area contributed by atoms with Crippen molar-refractivity contribution in [3.05, 3.63) is 29.6 Å². The Morgan fingerprint density at radius 1 is 1.50 bits per heavy atom. The molecule has 1 aliphatic carbocycles. The van der Waals surface area contributed by atoms with Crippen LogP contribution in [0.3, 0.4) is 0 Å². The molecular formula is C15H17FN2O2. The third-order valence-electron chi connectivity index (χ3n) is 3.46. The zero-order valence-electron chi connectivity index (χ0n) is 11.4. The molecule has 0 saturated heterocycles. The van der Waals surface area contributed by atoms with Crippen LogP contribution in [0.25, 0.3) is 0 Å². The van der Waals surface area contributed by atoms with Gasteiger partial charge < -0.3 is 10.1 Å². The molecule has 1 aliphatic rings. The molecule has 1 N–H and O–H groups in total. The first-order valence-electron chi connectivity index (χ1n) is 6.77. The lowest BCUT2D eigenvalue weighted by Crippen LogP contribution is -2.41. The van der Waals surface area contributed by atoms with Crippen LogP contribution in [0.15, 0.2) is 18.2 Å². The molecule has 1 amide bonds. The first-order valence-corrected chi connectivity index (χ1v) is 6.77. The van der Waals surface area contributed by atoms with E-state index < -0.39 is 11.9 Å². The van der Waals surface area contributed by atoms with Gasteiger partial charge in [0.05, 0.1) is 0 Å². The Morgan fingerprint density at radius 3 is 2.85 bits per heavy atom. The van der Waals surface area contributed by atoms with Gasteiger partial charge in [-0.3, -0.25) is 4.79 Å². The maximum absolute atomic E-state index is 13.4. The van der Waals surface area contributed by atoms with E-state index in [1.54, 1.807) is 13.0 Å². The normalized spacial score (nSPS) is 16.4. The van der Waals surface area contributed by atoms with Crippen LogP contribution in [0.4, 0.5) is 4.39 Å². The second-order valence-corrected chi connectivity index (χ2v) is 4.97. The Kier molecular flexibility index (Phi) is 4.57. The fraction of sp³-hybridized carbons (Fsp3) is 0.467. The van der Waals surface area contributed by atoms with Crippen LogP contribution in [0.5, 0.6) is 5.75 Å². The smallest absolute Gasteiger partial charge is 0.260 e. The highest BCUT2D eigenvalue weighted by Gasteiger charge is 2.22. The Morgan fingerprint density at radius 2 is 2.20 bits per heavy atom. The molecule has 0 spiro atoms. The van der Waals surface area contributed by atoms with Gasteiger partial charge in [0.15, 0.2) is 6.10 Å². The summed E-state index contributed by atoms with van der Waals surface area (Å²) >= 11 is 0. The molecule has 1 aromatic carbocycles. The zero-order valence-corrected chi connectivity index (χ0v) is 11.4. The van der Waals surface area contributed by atoms with E-state index in [2.05, 4.69) is 5.32 Å². The average Bonchev–Trinajstić information content (AvgIpc) is 2.91. The highest BCUT2D eigenvalue weighted by atomic mass is 19.1. The number of hydrogen-bond donors (Lipinski definition) is 1. The summed E-state index contributed by atoms with van der Waals surface area (Å²) in [5.41, 5.74) is -0.173. The second-order valence-electron chi connectivity index (χ2n) is 4.97. The molecule has 0 bridgehead atoms. The number of amides is 1. The van der Waals surface area contributed by atoms with E-state index >= 15 is 0 Å². The molecule has 1 atom stereocenters. The number of nitriles is 1. The van der Waals surface area contributed by atoms with Gasteiger partial charge in [0.2, 0.25) is 0 Å². The quantitative estimate of drug-likeness (QED) is 0.919. The molecule has 2 rings (SSSR count). The number of nitrogens with one attached hydrogen (secondary N) is 1. The highest BCUT2D eigenvalue weighted by molar-refractivity contribution is 5.81. The number of carbonyl (C=O) groups is 1. The van der Waals surface area contributed by atoms with Crippen LogP contribution in [0, 0.1) is 17.1 Å². The minimum atomic E-state index is -0.760. The summed E-state index contributed by atoms with van der Waals surface area (Å²) in [5.74, 6) is -0.778. The van der Waals surface area contributed by atoms with Crippen molar-refractivity contribution in [1.29, 1.82) is 5.26 Å². The number of hydrogen-bond acceptors (Lipinski definition) is 3. The van der Waals surface area contributed by atoms with Crippen molar-refractivity contribution in [2.45, 2.75) is 44.8 Å². The van der Waals surface area contributed by atoms with Gasteiger partial charge in [-0.05, 0) is 31.9 Å². The van der Waals surface area contributed by atoms with Gasteiger partial charge in [-0.2, -0.15) is 5.26 Å². The van der Waals surface area contributed by atoms with E-state index in [0.29, 0.717) is 0 Å². The summed E-state index contributed by atoms with van der Waals surface area (Å²) in [6.07, 6.45) is 3.47.